The molecule has 2 saturated heterocycles. The van der Waals surface area contributed by atoms with E-state index in [1.807, 2.05) is 54.8 Å². The number of ether oxygens (including phenoxy) is 1. The smallest absolute Gasteiger partial charge is 0.410 e. The van der Waals surface area contributed by atoms with Crippen molar-refractivity contribution >= 4 is 17.8 Å². The summed E-state index contributed by atoms with van der Waals surface area (Å²) in [6, 6.07) is 8.09. The molecule has 0 atom stereocenters. The molecule has 3 rings (SSSR count). The van der Waals surface area contributed by atoms with Crippen molar-refractivity contribution in [2.75, 3.05) is 38.2 Å². The van der Waals surface area contributed by atoms with E-state index in [1.165, 1.54) is 0 Å². The maximum Gasteiger partial charge on any atom is 0.410 e. The van der Waals surface area contributed by atoms with Gasteiger partial charge in [-0.25, -0.2) is 14.6 Å². The van der Waals surface area contributed by atoms with Gasteiger partial charge >= 0.3 is 12.1 Å². The van der Waals surface area contributed by atoms with Crippen molar-refractivity contribution in [3.05, 3.63) is 42.6 Å². The summed E-state index contributed by atoms with van der Waals surface area (Å²) in [4.78, 5) is 30.9. The van der Waals surface area contributed by atoms with Gasteiger partial charge in [-0.3, -0.25) is 0 Å². The average molecular weight is 443 g/mol. The molecule has 0 radical (unpaired) electrons. The van der Waals surface area contributed by atoms with E-state index >= 15 is 0 Å². The second kappa shape index (κ2) is 10.0. The van der Waals surface area contributed by atoms with Crippen LogP contribution >= 0.6 is 0 Å². The van der Waals surface area contributed by atoms with E-state index in [1.54, 1.807) is 23.2 Å². The van der Waals surface area contributed by atoms with Crippen LogP contribution in [0.1, 0.15) is 39.2 Å². The van der Waals surface area contributed by atoms with Crippen LogP contribution in [-0.2, 0) is 11.3 Å². The molecular weight excluding hydrogens is 408 g/mol. The lowest BCUT2D eigenvalue weighted by molar-refractivity contribution is 0.0170. The zero-order valence-electron chi connectivity index (χ0n) is 19.5. The second-order valence-electron chi connectivity index (χ2n) is 9.08. The topological polar surface area (TPSA) is 81.1 Å². The van der Waals surface area contributed by atoms with Crippen LogP contribution < -0.4 is 5.01 Å². The van der Waals surface area contributed by atoms with Crippen molar-refractivity contribution in [1.29, 1.82) is 0 Å². The second-order valence-corrected chi connectivity index (χ2v) is 9.08. The third-order valence-electron chi connectivity index (χ3n) is 5.62. The van der Waals surface area contributed by atoms with Crippen molar-refractivity contribution in [3.8, 4) is 0 Å². The number of carbonyl (C=O) groups is 2. The van der Waals surface area contributed by atoms with Gasteiger partial charge in [-0.15, -0.1) is 0 Å². The quantitative estimate of drug-likeness (QED) is 0.487. The maximum absolute atomic E-state index is 13.0. The molecule has 0 bridgehead atoms. The minimum absolute atomic E-state index is 0.0669. The Bertz CT molecular complexity index is 840. The molecule has 2 heterocycles. The molecule has 32 heavy (non-hydrogen) atoms. The van der Waals surface area contributed by atoms with Crippen LogP contribution in [-0.4, -0.2) is 71.7 Å². The Balaban J connectivity index is 1.52. The highest BCUT2D eigenvalue weighted by molar-refractivity contribution is 5.77. The molecule has 0 spiro atoms. The summed E-state index contributed by atoms with van der Waals surface area (Å²) in [5.74, 6) is 0. The van der Waals surface area contributed by atoms with E-state index in [0.29, 0.717) is 26.2 Å². The lowest BCUT2D eigenvalue weighted by atomic mass is 10.0. The van der Waals surface area contributed by atoms with E-state index in [4.69, 9.17) is 4.74 Å². The van der Waals surface area contributed by atoms with Gasteiger partial charge in [-0.1, -0.05) is 23.9 Å². The van der Waals surface area contributed by atoms with Gasteiger partial charge < -0.3 is 19.4 Å². The number of amides is 3. The molecule has 0 aliphatic carbocycles. The first-order chi connectivity index (χ1) is 15.2. The Kier molecular flexibility index (Phi) is 7.37. The molecule has 174 valence electrons. The summed E-state index contributed by atoms with van der Waals surface area (Å²) in [5, 5.41) is 9.36. The van der Waals surface area contributed by atoms with Gasteiger partial charge in [0.2, 0.25) is 0 Å². The third-order valence-corrected chi connectivity index (χ3v) is 5.62. The van der Waals surface area contributed by atoms with E-state index in [-0.39, 0.29) is 18.2 Å². The summed E-state index contributed by atoms with van der Waals surface area (Å²) in [6.07, 6.45) is 2.87. The standard InChI is InChI=1S/C23H34N6O3/c1-6-29(25-24-5)20-9-7-18(8-10-20)17-27-15-16-28(21(27)30)19-11-13-26(14-12-19)22(31)32-23(2,3)4/h6-10,19H,1,11-17H2,2-5H3. The van der Waals surface area contributed by atoms with Crippen molar-refractivity contribution in [1.82, 2.24) is 14.7 Å². The normalized spacial score (nSPS) is 17.9. The fourth-order valence-electron chi connectivity index (χ4n) is 4.04. The van der Waals surface area contributed by atoms with Crippen LogP contribution in [0.15, 0.2) is 47.4 Å². The van der Waals surface area contributed by atoms with E-state index in [2.05, 4.69) is 16.9 Å². The largest absolute Gasteiger partial charge is 0.444 e. The molecule has 3 amide bonds. The van der Waals surface area contributed by atoms with Crippen LogP contribution in [0.3, 0.4) is 0 Å². The molecule has 0 unspecified atom stereocenters. The Morgan fingerprint density at radius 3 is 2.41 bits per heavy atom. The Morgan fingerprint density at radius 1 is 1.19 bits per heavy atom. The highest BCUT2D eigenvalue weighted by atomic mass is 16.6. The van der Waals surface area contributed by atoms with Crippen molar-refractivity contribution in [2.24, 2.45) is 10.3 Å². The highest BCUT2D eigenvalue weighted by Gasteiger charge is 2.36. The number of hydrogen-bond donors (Lipinski definition) is 0. The Hall–Kier alpha value is -3.10. The van der Waals surface area contributed by atoms with Crippen LogP contribution in [0.25, 0.3) is 0 Å². The number of benzene rings is 1. The maximum atomic E-state index is 13.0. The lowest BCUT2D eigenvalue weighted by Gasteiger charge is -2.37. The van der Waals surface area contributed by atoms with E-state index in [0.717, 1.165) is 30.6 Å². The number of nitrogens with zero attached hydrogens (tertiary/aromatic N) is 6. The Morgan fingerprint density at radius 2 is 1.84 bits per heavy atom. The average Bonchev–Trinajstić information content (AvgIpc) is 3.11. The molecule has 0 saturated carbocycles. The van der Waals surface area contributed by atoms with Crippen LogP contribution in [0.5, 0.6) is 0 Å². The van der Waals surface area contributed by atoms with E-state index < -0.39 is 5.60 Å². The van der Waals surface area contributed by atoms with Crippen LogP contribution in [0.4, 0.5) is 15.3 Å². The third kappa shape index (κ3) is 5.77. The molecule has 2 aliphatic heterocycles. The van der Waals surface area contributed by atoms with Gasteiger partial charge in [0.05, 0.1) is 12.7 Å². The zero-order chi connectivity index (χ0) is 23.3. The Labute approximate surface area is 190 Å². The first-order valence-electron chi connectivity index (χ1n) is 11.1. The lowest BCUT2D eigenvalue weighted by Crippen LogP contribution is -2.49. The molecule has 9 heteroatoms. The van der Waals surface area contributed by atoms with Crippen molar-refractivity contribution in [3.63, 3.8) is 0 Å². The minimum Gasteiger partial charge on any atom is -0.444 e. The summed E-state index contributed by atoms with van der Waals surface area (Å²) >= 11 is 0. The first kappa shape index (κ1) is 23.6. The number of likely N-dealkylation sites (tertiary alicyclic amines) is 1. The summed E-state index contributed by atoms with van der Waals surface area (Å²) < 4.78 is 5.46. The van der Waals surface area contributed by atoms with Gasteiger partial charge in [0.15, 0.2) is 0 Å². The molecule has 2 fully saturated rings. The van der Waals surface area contributed by atoms with Crippen molar-refractivity contribution in [2.45, 2.75) is 51.8 Å². The monoisotopic (exact) mass is 442 g/mol. The summed E-state index contributed by atoms with van der Waals surface area (Å²) in [5.41, 5.74) is 1.42. The van der Waals surface area contributed by atoms with Gasteiger partial charge in [-0.2, -0.15) is 5.11 Å². The first-order valence-corrected chi connectivity index (χ1v) is 11.1. The van der Waals surface area contributed by atoms with Gasteiger partial charge in [0.1, 0.15) is 5.60 Å². The molecule has 0 N–H and O–H groups in total. The van der Waals surface area contributed by atoms with E-state index in [9.17, 15) is 9.59 Å². The molecule has 2 aliphatic rings. The van der Waals surface area contributed by atoms with Crippen molar-refractivity contribution < 1.29 is 14.3 Å². The predicted molar refractivity (Wildman–Crippen MR) is 123 cm³/mol. The molecule has 1 aromatic rings. The number of urea groups is 1. The number of rotatable bonds is 6. The molecular formula is C23H34N6O3. The number of hydrogen-bond acceptors (Lipinski definition) is 5. The molecule has 0 aromatic heterocycles. The SMILES string of the molecule is C=CN(N=NC)c1ccc(CN2CCN(C3CCN(C(=O)OC(C)(C)C)CC3)C2=O)cc1. The number of anilines is 1. The molecule has 9 nitrogen and oxygen atoms in total. The number of piperidine rings is 1. The van der Waals surface area contributed by atoms with Crippen LogP contribution in [0, 0.1) is 0 Å². The summed E-state index contributed by atoms with van der Waals surface area (Å²) in [6.45, 7) is 12.6. The fraction of sp³-hybridized carbons (Fsp3) is 0.565. The predicted octanol–water partition coefficient (Wildman–Crippen LogP) is 4.27. The minimum atomic E-state index is -0.498. The number of carbonyl (C=O) groups excluding carboxylic acids is 2. The van der Waals surface area contributed by atoms with Gasteiger partial charge in [-0.05, 0) is 51.3 Å². The summed E-state index contributed by atoms with van der Waals surface area (Å²) in [7, 11) is 1.61. The fourth-order valence-corrected chi connectivity index (χ4v) is 4.04. The van der Waals surface area contributed by atoms with Gasteiger partial charge in [0, 0.05) is 45.0 Å². The highest BCUT2D eigenvalue weighted by Crippen LogP contribution is 2.24. The van der Waals surface area contributed by atoms with Crippen LogP contribution in [0.2, 0.25) is 0 Å². The zero-order valence-corrected chi connectivity index (χ0v) is 19.5. The molecule has 1 aromatic carbocycles. The van der Waals surface area contributed by atoms with Gasteiger partial charge in [0.25, 0.3) is 0 Å².